The number of thiazole rings is 1. The molecule has 4 nitrogen and oxygen atoms in total. The largest absolute Gasteiger partial charge is 0.358 e. The second kappa shape index (κ2) is 4.49. The van der Waals surface area contributed by atoms with Crippen LogP contribution in [0, 0.1) is 6.92 Å². The maximum absolute atomic E-state index is 11.1. The molecule has 84 valence electrons. The number of likely N-dealkylation sites (N-methyl/N-ethyl adjacent to an activating group) is 1. The van der Waals surface area contributed by atoms with Gasteiger partial charge in [0.1, 0.15) is 0 Å². The second-order valence-electron chi connectivity index (χ2n) is 3.52. The van der Waals surface area contributed by atoms with Crippen LogP contribution in [0.4, 0.5) is 5.13 Å². The third-order valence-electron chi connectivity index (χ3n) is 2.22. The number of carbonyl (C=O) groups is 1. The normalized spacial score (nSPS) is 10.4. The lowest BCUT2D eigenvalue weighted by molar-refractivity contribution is -0.118. The van der Waals surface area contributed by atoms with Gasteiger partial charge in [-0.3, -0.25) is 4.79 Å². The molecule has 0 saturated carbocycles. The molecule has 0 fully saturated rings. The molecule has 5 heteroatoms. The lowest BCUT2D eigenvalue weighted by atomic mass is 10.2. The minimum atomic E-state index is -0.0459. The monoisotopic (exact) mass is 235 g/mol. The number of anilines is 1. The van der Waals surface area contributed by atoms with Crippen LogP contribution in [-0.2, 0) is 4.79 Å². The lowest BCUT2D eigenvalue weighted by Gasteiger charge is -1.99. The summed E-state index contributed by atoms with van der Waals surface area (Å²) < 4.78 is 1.13. The van der Waals surface area contributed by atoms with Crippen molar-refractivity contribution in [1.29, 1.82) is 0 Å². The fourth-order valence-electron chi connectivity index (χ4n) is 1.36. The molecule has 1 aromatic carbocycles. The van der Waals surface area contributed by atoms with Crippen LogP contribution >= 0.6 is 11.3 Å². The summed E-state index contributed by atoms with van der Waals surface area (Å²) >= 11 is 1.56. The van der Waals surface area contributed by atoms with Gasteiger partial charge in [-0.05, 0) is 24.6 Å². The number of hydrogen-bond acceptors (Lipinski definition) is 4. The Balaban J connectivity index is 2.16. The van der Waals surface area contributed by atoms with Crippen molar-refractivity contribution in [1.82, 2.24) is 10.3 Å². The minimum absolute atomic E-state index is 0.0459. The van der Waals surface area contributed by atoms with Crippen molar-refractivity contribution in [2.75, 3.05) is 18.9 Å². The zero-order valence-corrected chi connectivity index (χ0v) is 10.0. The quantitative estimate of drug-likeness (QED) is 0.852. The van der Waals surface area contributed by atoms with Gasteiger partial charge in [0.25, 0.3) is 0 Å². The number of rotatable bonds is 3. The second-order valence-corrected chi connectivity index (χ2v) is 4.55. The van der Waals surface area contributed by atoms with Crippen molar-refractivity contribution in [3.8, 4) is 0 Å². The van der Waals surface area contributed by atoms with Crippen molar-refractivity contribution in [3.63, 3.8) is 0 Å². The van der Waals surface area contributed by atoms with Crippen LogP contribution in [0.3, 0.4) is 0 Å². The van der Waals surface area contributed by atoms with E-state index in [9.17, 15) is 4.79 Å². The average Bonchev–Trinajstić information content (AvgIpc) is 2.67. The summed E-state index contributed by atoms with van der Waals surface area (Å²) in [6.07, 6.45) is 0. The van der Waals surface area contributed by atoms with Gasteiger partial charge in [0.05, 0.1) is 16.8 Å². The summed E-state index contributed by atoms with van der Waals surface area (Å²) in [5.41, 5.74) is 2.17. The number of aryl methyl sites for hydroxylation is 1. The molecule has 2 N–H and O–H groups in total. The first-order valence-electron chi connectivity index (χ1n) is 5.00. The third-order valence-corrected chi connectivity index (χ3v) is 3.22. The zero-order valence-electron chi connectivity index (χ0n) is 9.20. The molecule has 2 rings (SSSR count). The number of aromatic nitrogens is 1. The van der Waals surface area contributed by atoms with Crippen LogP contribution in [0.1, 0.15) is 5.56 Å². The Morgan fingerprint density at radius 1 is 1.50 bits per heavy atom. The maximum atomic E-state index is 11.1. The average molecular weight is 235 g/mol. The molecule has 0 aliphatic carbocycles. The molecule has 0 spiro atoms. The number of fused-ring (bicyclic) bond motifs is 1. The highest BCUT2D eigenvalue weighted by atomic mass is 32.1. The van der Waals surface area contributed by atoms with Crippen molar-refractivity contribution < 1.29 is 4.79 Å². The topological polar surface area (TPSA) is 54.0 Å². The molecule has 0 radical (unpaired) electrons. The van der Waals surface area contributed by atoms with Crippen molar-refractivity contribution in [2.24, 2.45) is 0 Å². The van der Waals surface area contributed by atoms with Gasteiger partial charge in [-0.25, -0.2) is 4.98 Å². The van der Waals surface area contributed by atoms with E-state index >= 15 is 0 Å². The number of hydrogen-bond donors (Lipinski definition) is 2. The predicted molar refractivity (Wildman–Crippen MR) is 66.9 cm³/mol. The van der Waals surface area contributed by atoms with E-state index in [0.717, 1.165) is 15.3 Å². The first kappa shape index (κ1) is 10.9. The number of nitrogens with zero attached hydrogens (tertiary/aromatic N) is 1. The molecule has 0 aliphatic heterocycles. The van der Waals surface area contributed by atoms with Gasteiger partial charge in [-0.15, -0.1) is 0 Å². The first-order chi connectivity index (χ1) is 7.69. The molecular weight excluding hydrogens is 222 g/mol. The van der Waals surface area contributed by atoms with E-state index in [1.54, 1.807) is 18.4 Å². The summed E-state index contributed by atoms with van der Waals surface area (Å²) in [6.45, 7) is 2.30. The van der Waals surface area contributed by atoms with Gasteiger partial charge in [-0.1, -0.05) is 17.4 Å². The van der Waals surface area contributed by atoms with Gasteiger partial charge in [-0.2, -0.15) is 0 Å². The molecule has 1 aromatic heterocycles. The molecule has 16 heavy (non-hydrogen) atoms. The smallest absolute Gasteiger partial charge is 0.239 e. The molecule has 0 unspecified atom stereocenters. The van der Waals surface area contributed by atoms with E-state index in [1.807, 2.05) is 19.1 Å². The van der Waals surface area contributed by atoms with Crippen LogP contribution in [0.25, 0.3) is 10.2 Å². The van der Waals surface area contributed by atoms with E-state index in [1.165, 1.54) is 5.56 Å². The Kier molecular flexibility index (Phi) is 3.05. The fraction of sp³-hybridized carbons (Fsp3) is 0.273. The van der Waals surface area contributed by atoms with Crippen molar-refractivity contribution in [2.45, 2.75) is 6.92 Å². The molecule has 0 atom stereocenters. The molecule has 0 bridgehead atoms. The predicted octanol–water partition coefficient (Wildman–Crippen LogP) is 1.76. The Bertz CT molecular complexity index is 521. The summed E-state index contributed by atoms with van der Waals surface area (Å²) in [6, 6.07) is 6.15. The molecule has 0 saturated heterocycles. The van der Waals surface area contributed by atoms with Gasteiger partial charge in [0.15, 0.2) is 5.13 Å². The van der Waals surface area contributed by atoms with Gasteiger partial charge in [0.2, 0.25) is 5.91 Å². The Labute approximate surface area is 97.7 Å². The highest BCUT2D eigenvalue weighted by Gasteiger charge is 2.04. The van der Waals surface area contributed by atoms with Crippen LogP contribution in [0.5, 0.6) is 0 Å². The van der Waals surface area contributed by atoms with Crippen molar-refractivity contribution in [3.05, 3.63) is 23.8 Å². The third kappa shape index (κ3) is 2.30. The Hall–Kier alpha value is -1.62. The molecule has 2 aromatic rings. The standard InChI is InChI=1S/C11H13N3OS/c1-7-3-4-9-8(5-7)14-11(16-9)13-6-10(15)12-2/h3-5H,6H2,1-2H3,(H,12,15)(H,13,14). The summed E-state index contributed by atoms with van der Waals surface area (Å²) in [5, 5.41) is 6.33. The molecule has 1 amide bonds. The van der Waals surface area contributed by atoms with Crippen LogP contribution < -0.4 is 10.6 Å². The number of amides is 1. The van der Waals surface area contributed by atoms with E-state index in [2.05, 4.69) is 21.7 Å². The van der Waals surface area contributed by atoms with Crippen molar-refractivity contribution >= 4 is 32.6 Å². The van der Waals surface area contributed by atoms with E-state index in [0.29, 0.717) is 0 Å². The van der Waals surface area contributed by atoms with Gasteiger partial charge < -0.3 is 10.6 Å². The lowest BCUT2D eigenvalue weighted by Crippen LogP contribution is -2.26. The van der Waals surface area contributed by atoms with Gasteiger partial charge >= 0.3 is 0 Å². The summed E-state index contributed by atoms with van der Waals surface area (Å²) in [7, 11) is 1.62. The highest BCUT2D eigenvalue weighted by Crippen LogP contribution is 2.26. The number of carbonyl (C=O) groups excluding carboxylic acids is 1. The van der Waals surface area contributed by atoms with E-state index < -0.39 is 0 Å². The zero-order chi connectivity index (χ0) is 11.5. The van der Waals surface area contributed by atoms with Gasteiger partial charge in [0, 0.05) is 7.05 Å². The first-order valence-corrected chi connectivity index (χ1v) is 5.82. The SMILES string of the molecule is CNC(=O)CNc1nc2cc(C)ccc2s1. The minimum Gasteiger partial charge on any atom is -0.358 e. The maximum Gasteiger partial charge on any atom is 0.239 e. The highest BCUT2D eigenvalue weighted by molar-refractivity contribution is 7.22. The van der Waals surface area contributed by atoms with E-state index in [4.69, 9.17) is 0 Å². The van der Waals surface area contributed by atoms with Crippen LogP contribution in [-0.4, -0.2) is 24.5 Å². The molecular formula is C11H13N3OS. The molecule has 1 heterocycles. The fourth-order valence-corrected chi connectivity index (χ4v) is 2.20. The Morgan fingerprint density at radius 2 is 2.31 bits per heavy atom. The number of benzene rings is 1. The number of nitrogens with one attached hydrogen (secondary N) is 2. The van der Waals surface area contributed by atoms with Crippen LogP contribution in [0.15, 0.2) is 18.2 Å². The summed E-state index contributed by atoms with van der Waals surface area (Å²) in [5.74, 6) is -0.0459. The Morgan fingerprint density at radius 3 is 3.06 bits per heavy atom. The van der Waals surface area contributed by atoms with Crippen LogP contribution in [0.2, 0.25) is 0 Å². The van der Waals surface area contributed by atoms with E-state index in [-0.39, 0.29) is 12.5 Å². The molecule has 0 aliphatic rings. The summed E-state index contributed by atoms with van der Waals surface area (Å²) in [4.78, 5) is 15.5.